The number of ether oxygens (including phenoxy) is 1. The summed E-state index contributed by atoms with van der Waals surface area (Å²) in [6, 6.07) is 3.48. The van der Waals surface area contributed by atoms with E-state index in [9.17, 15) is 14.0 Å². The van der Waals surface area contributed by atoms with Crippen LogP contribution >= 0.6 is 11.3 Å². The predicted octanol–water partition coefficient (Wildman–Crippen LogP) is 3.78. The van der Waals surface area contributed by atoms with E-state index >= 15 is 0 Å². The van der Waals surface area contributed by atoms with Gasteiger partial charge in [-0.15, -0.1) is 11.3 Å². The molecule has 0 saturated heterocycles. The van der Waals surface area contributed by atoms with Crippen LogP contribution in [0, 0.1) is 5.82 Å². The number of amides is 1. The third-order valence-corrected chi connectivity index (χ3v) is 5.44. The molecule has 2 N–H and O–H groups in total. The van der Waals surface area contributed by atoms with Gasteiger partial charge in [-0.2, -0.15) is 0 Å². The van der Waals surface area contributed by atoms with Crippen LogP contribution in [0.1, 0.15) is 49.4 Å². The molecule has 3 rings (SSSR count). The van der Waals surface area contributed by atoms with Crippen LogP contribution in [-0.2, 0) is 9.53 Å². The van der Waals surface area contributed by atoms with Crippen molar-refractivity contribution in [3.8, 4) is 0 Å². The number of thiazole rings is 1. The SMILES string of the molecule is CC(OC(=O)c1ccc(F)cc1N)C(=O)N(c1nccs1)C1CCCCC1. The standard InChI is InChI=1S/C19H22FN3O3S/c1-12(26-18(25)15-8-7-13(20)11-16(15)21)17(24)23(19-22-9-10-27-19)14-5-3-2-4-6-14/h7-12,14H,2-6,21H2,1H3. The summed E-state index contributed by atoms with van der Waals surface area (Å²) in [5.41, 5.74) is 5.70. The van der Waals surface area contributed by atoms with E-state index in [4.69, 9.17) is 10.5 Å². The normalized spacial score (nSPS) is 15.9. The molecule has 8 heteroatoms. The highest BCUT2D eigenvalue weighted by Gasteiger charge is 2.33. The largest absolute Gasteiger partial charge is 0.449 e. The molecule has 1 saturated carbocycles. The molecule has 1 atom stereocenters. The second-order valence-corrected chi connectivity index (χ2v) is 7.47. The molecule has 1 aliphatic rings. The first kappa shape index (κ1) is 19.3. The van der Waals surface area contributed by atoms with Crippen molar-refractivity contribution < 1.29 is 18.7 Å². The average molecular weight is 391 g/mol. The molecule has 0 spiro atoms. The molecule has 1 aromatic carbocycles. The molecule has 0 radical (unpaired) electrons. The van der Waals surface area contributed by atoms with E-state index in [0.717, 1.165) is 44.2 Å². The molecule has 1 aromatic heterocycles. The van der Waals surface area contributed by atoms with Gasteiger partial charge in [0.1, 0.15) is 5.82 Å². The number of esters is 1. The minimum atomic E-state index is -1.01. The molecule has 6 nitrogen and oxygen atoms in total. The summed E-state index contributed by atoms with van der Waals surface area (Å²) >= 11 is 1.38. The highest BCUT2D eigenvalue weighted by molar-refractivity contribution is 7.13. The Labute approximate surface area is 161 Å². The topological polar surface area (TPSA) is 85.5 Å². The summed E-state index contributed by atoms with van der Waals surface area (Å²) < 4.78 is 18.5. The summed E-state index contributed by atoms with van der Waals surface area (Å²) in [7, 11) is 0. The molecule has 1 amide bonds. The van der Waals surface area contributed by atoms with Gasteiger partial charge in [-0.05, 0) is 38.0 Å². The van der Waals surface area contributed by atoms with Crippen LogP contribution < -0.4 is 10.6 Å². The van der Waals surface area contributed by atoms with Crippen LogP contribution in [0.25, 0.3) is 0 Å². The number of aromatic nitrogens is 1. The van der Waals surface area contributed by atoms with Crippen LogP contribution in [-0.4, -0.2) is 29.0 Å². The quantitative estimate of drug-likeness (QED) is 0.619. The number of halogens is 1. The van der Waals surface area contributed by atoms with Crippen LogP contribution in [0.3, 0.4) is 0 Å². The van der Waals surface area contributed by atoms with Gasteiger partial charge in [0, 0.05) is 23.3 Å². The summed E-state index contributed by atoms with van der Waals surface area (Å²) in [5.74, 6) is -1.61. The first-order chi connectivity index (χ1) is 13.0. The van der Waals surface area contributed by atoms with Crippen molar-refractivity contribution in [3.05, 3.63) is 41.2 Å². The van der Waals surface area contributed by atoms with Crippen molar-refractivity contribution in [1.82, 2.24) is 4.98 Å². The fourth-order valence-corrected chi connectivity index (χ4v) is 4.01. The minimum absolute atomic E-state index is 0.0243. The smallest absolute Gasteiger partial charge is 0.341 e. The van der Waals surface area contributed by atoms with Gasteiger partial charge in [-0.3, -0.25) is 9.69 Å². The van der Waals surface area contributed by atoms with E-state index in [1.165, 1.54) is 24.3 Å². The Morgan fingerprint density at radius 3 is 2.70 bits per heavy atom. The van der Waals surface area contributed by atoms with E-state index in [1.807, 2.05) is 5.38 Å². The van der Waals surface area contributed by atoms with E-state index < -0.39 is 17.9 Å². The Morgan fingerprint density at radius 2 is 2.07 bits per heavy atom. The lowest BCUT2D eigenvalue weighted by Gasteiger charge is -2.33. The number of hydrogen-bond donors (Lipinski definition) is 1. The monoisotopic (exact) mass is 391 g/mol. The number of carbonyl (C=O) groups excluding carboxylic acids is 2. The number of rotatable bonds is 5. The molecule has 2 aromatic rings. The zero-order valence-corrected chi connectivity index (χ0v) is 15.9. The van der Waals surface area contributed by atoms with Gasteiger partial charge in [0.2, 0.25) is 0 Å². The molecular weight excluding hydrogens is 369 g/mol. The van der Waals surface area contributed by atoms with E-state index in [2.05, 4.69) is 4.98 Å². The molecule has 0 bridgehead atoms. The lowest BCUT2D eigenvalue weighted by atomic mass is 9.94. The second-order valence-electron chi connectivity index (χ2n) is 6.59. The first-order valence-electron chi connectivity index (χ1n) is 8.96. The van der Waals surface area contributed by atoms with Gasteiger partial charge in [-0.25, -0.2) is 14.2 Å². The first-order valence-corrected chi connectivity index (χ1v) is 9.84. The van der Waals surface area contributed by atoms with E-state index in [1.54, 1.807) is 11.1 Å². The van der Waals surface area contributed by atoms with Crippen molar-refractivity contribution in [3.63, 3.8) is 0 Å². The highest BCUT2D eigenvalue weighted by atomic mass is 32.1. The van der Waals surface area contributed by atoms with Crippen molar-refractivity contribution in [1.29, 1.82) is 0 Å². The van der Waals surface area contributed by atoms with Crippen LogP contribution in [0.4, 0.5) is 15.2 Å². The third-order valence-electron chi connectivity index (χ3n) is 4.67. The zero-order valence-electron chi connectivity index (χ0n) is 15.1. The maximum Gasteiger partial charge on any atom is 0.341 e. The average Bonchev–Trinajstić information content (AvgIpc) is 3.16. The number of anilines is 2. The third kappa shape index (κ3) is 4.44. The van der Waals surface area contributed by atoms with Gasteiger partial charge >= 0.3 is 5.97 Å². The Balaban J connectivity index is 1.76. The van der Waals surface area contributed by atoms with Crippen molar-refractivity contribution in [2.24, 2.45) is 0 Å². The lowest BCUT2D eigenvalue weighted by molar-refractivity contribution is -0.127. The van der Waals surface area contributed by atoms with E-state index in [0.29, 0.717) is 5.13 Å². The molecule has 1 heterocycles. The number of nitrogen functional groups attached to an aromatic ring is 1. The van der Waals surface area contributed by atoms with Gasteiger partial charge in [0.25, 0.3) is 5.91 Å². The number of nitrogens with two attached hydrogens (primary N) is 1. The van der Waals surface area contributed by atoms with Gasteiger partial charge in [0.05, 0.1) is 5.56 Å². The summed E-state index contributed by atoms with van der Waals surface area (Å²) in [5, 5.41) is 2.42. The molecular formula is C19H22FN3O3S. The Kier molecular flexibility index (Phi) is 6.05. The molecule has 1 fully saturated rings. The number of benzene rings is 1. The van der Waals surface area contributed by atoms with Crippen molar-refractivity contribution in [2.45, 2.75) is 51.2 Å². The van der Waals surface area contributed by atoms with Crippen LogP contribution in [0.15, 0.2) is 29.8 Å². The van der Waals surface area contributed by atoms with Crippen molar-refractivity contribution >= 4 is 34.0 Å². The molecule has 144 valence electrons. The summed E-state index contributed by atoms with van der Waals surface area (Å²) in [4.78, 5) is 31.4. The van der Waals surface area contributed by atoms with Gasteiger partial charge < -0.3 is 10.5 Å². The summed E-state index contributed by atoms with van der Waals surface area (Å²) in [6.45, 7) is 1.53. The molecule has 0 aliphatic heterocycles. The second kappa shape index (κ2) is 8.47. The molecule has 27 heavy (non-hydrogen) atoms. The van der Waals surface area contributed by atoms with Crippen LogP contribution in [0.5, 0.6) is 0 Å². The Bertz CT molecular complexity index is 807. The van der Waals surface area contributed by atoms with Crippen molar-refractivity contribution in [2.75, 3.05) is 10.6 Å². The molecule has 1 unspecified atom stereocenters. The number of carbonyl (C=O) groups is 2. The van der Waals surface area contributed by atoms with E-state index in [-0.39, 0.29) is 23.2 Å². The summed E-state index contributed by atoms with van der Waals surface area (Å²) in [6.07, 6.45) is 5.71. The maximum absolute atomic E-state index is 13.2. The lowest BCUT2D eigenvalue weighted by Crippen LogP contribution is -2.47. The zero-order chi connectivity index (χ0) is 19.4. The highest BCUT2D eigenvalue weighted by Crippen LogP contribution is 2.30. The van der Waals surface area contributed by atoms with Gasteiger partial charge in [0.15, 0.2) is 11.2 Å². The molecule has 1 aliphatic carbocycles. The van der Waals surface area contributed by atoms with Gasteiger partial charge in [-0.1, -0.05) is 19.3 Å². The Morgan fingerprint density at radius 1 is 1.33 bits per heavy atom. The van der Waals surface area contributed by atoms with Crippen LogP contribution in [0.2, 0.25) is 0 Å². The number of hydrogen-bond acceptors (Lipinski definition) is 6. The maximum atomic E-state index is 13.2. The fraction of sp³-hybridized carbons (Fsp3) is 0.421. The minimum Gasteiger partial charge on any atom is -0.449 e. The predicted molar refractivity (Wildman–Crippen MR) is 102 cm³/mol. The fourth-order valence-electron chi connectivity index (χ4n) is 3.29. The number of nitrogens with zero attached hydrogens (tertiary/aromatic N) is 2. The Hall–Kier alpha value is -2.48.